The van der Waals surface area contributed by atoms with Gasteiger partial charge in [-0.15, -0.1) is 0 Å². The summed E-state index contributed by atoms with van der Waals surface area (Å²) in [5.74, 6) is 2.55. The van der Waals surface area contributed by atoms with Crippen molar-refractivity contribution in [2.45, 2.75) is 53.6 Å². The predicted octanol–water partition coefficient (Wildman–Crippen LogP) is 2.92. The van der Waals surface area contributed by atoms with Crippen LogP contribution in [0.1, 0.15) is 41.5 Å². The van der Waals surface area contributed by atoms with E-state index in [1.807, 2.05) is 0 Å². The van der Waals surface area contributed by atoms with E-state index in [-0.39, 0.29) is 34.0 Å². The molecule has 0 radical (unpaired) electrons. The molecule has 0 aromatic heterocycles. The normalized spacial score (nSPS) is 26.0. The van der Waals surface area contributed by atoms with Crippen LogP contribution in [0, 0.1) is 17.3 Å². The Morgan fingerprint density at radius 1 is 0.900 bits per heavy atom. The van der Waals surface area contributed by atoms with Gasteiger partial charge in [-0.05, 0) is 25.7 Å². The summed E-state index contributed by atoms with van der Waals surface area (Å²) in [6.07, 6.45) is 0. The van der Waals surface area contributed by atoms with Gasteiger partial charge in [0.25, 0.3) is 0 Å². The van der Waals surface area contributed by atoms with Gasteiger partial charge in [0, 0.05) is 0 Å². The van der Waals surface area contributed by atoms with Crippen LogP contribution >= 0.6 is 0 Å². The van der Waals surface area contributed by atoms with E-state index in [0.29, 0.717) is 25.0 Å². The molecular weight excluding hydrogens is 299 g/mol. The summed E-state index contributed by atoms with van der Waals surface area (Å²) in [5, 5.41) is 0. The first kappa shape index (κ1) is 17.5. The smallest absolute Gasteiger partial charge is 0.478 e. The number of hydrogen-bond acceptors (Lipinski definition) is 4. The third-order valence-corrected chi connectivity index (χ3v) is 3.96. The average molecular weight is 325 g/mol. The van der Waals surface area contributed by atoms with Gasteiger partial charge in [-0.2, -0.15) is 0 Å². The second kappa shape index (κ2) is 6.47. The SMILES string of the molecule is CC(C)C1COC(C(C)(C)C2=NC(C(C)C)CO2)=N1.[Ni+2]. The van der Waals surface area contributed by atoms with E-state index in [1.165, 1.54) is 0 Å². The van der Waals surface area contributed by atoms with Crippen LogP contribution in [0.15, 0.2) is 9.98 Å². The van der Waals surface area contributed by atoms with E-state index in [9.17, 15) is 0 Å². The number of rotatable bonds is 4. The van der Waals surface area contributed by atoms with Crippen LogP contribution < -0.4 is 0 Å². The predicted molar refractivity (Wildman–Crippen MR) is 77.8 cm³/mol. The number of nitrogens with zero attached hydrogens (tertiary/aromatic N) is 2. The van der Waals surface area contributed by atoms with Crippen molar-refractivity contribution in [1.29, 1.82) is 0 Å². The van der Waals surface area contributed by atoms with Crippen molar-refractivity contribution in [2.24, 2.45) is 27.2 Å². The molecule has 0 aliphatic carbocycles. The molecule has 0 N–H and O–H groups in total. The van der Waals surface area contributed by atoms with Crippen molar-refractivity contribution >= 4 is 11.8 Å². The molecule has 0 aromatic rings. The van der Waals surface area contributed by atoms with Crippen LogP contribution in [0.5, 0.6) is 0 Å². The molecule has 0 fully saturated rings. The second-order valence-electron chi connectivity index (χ2n) is 6.74. The maximum atomic E-state index is 5.79. The Balaban J connectivity index is 0.00000200. The molecule has 0 saturated heterocycles. The summed E-state index contributed by atoms with van der Waals surface area (Å²) in [6.45, 7) is 14.2. The van der Waals surface area contributed by atoms with Gasteiger partial charge in [0.2, 0.25) is 0 Å². The minimum Gasteiger partial charge on any atom is -0.478 e. The van der Waals surface area contributed by atoms with Gasteiger partial charge in [-0.1, -0.05) is 27.7 Å². The maximum Gasteiger partial charge on any atom is 2.00 e. The van der Waals surface area contributed by atoms with Crippen molar-refractivity contribution in [1.82, 2.24) is 0 Å². The Morgan fingerprint density at radius 2 is 1.25 bits per heavy atom. The summed E-state index contributed by atoms with van der Waals surface area (Å²) in [4.78, 5) is 9.41. The van der Waals surface area contributed by atoms with Gasteiger partial charge in [0.05, 0.1) is 12.1 Å². The number of aliphatic imine (C=N–C) groups is 2. The average Bonchev–Trinajstić information content (AvgIpc) is 2.99. The van der Waals surface area contributed by atoms with Crippen LogP contribution in [-0.4, -0.2) is 37.1 Å². The Kier molecular flexibility index (Phi) is 5.65. The van der Waals surface area contributed by atoms with E-state index in [4.69, 9.17) is 19.5 Å². The fourth-order valence-electron chi connectivity index (χ4n) is 2.24. The molecule has 0 spiro atoms. The van der Waals surface area contributed by atoms with Crippen LogP contribution in [0.25, 0.3) is 0 Å². The zero-order valence-corrected chi connectivity index (χ0v) is 14.2. The first-order valence-corrected chi connectivity index (χ1v) is 7.24. The topological polar surface area (TPSA) is 43.2 Å². The summed E-state index contributed by atoms with van der Waals surface area (Å²) in [5.41, 5.74) is -0.354. The standard InChI is InChI=1S/C15H26N2O2.Ni/c1-9(2)11-7-18-13(16-11)15(5,6)14-17-12(8-19-14)10(3)4;/h9-12H,7-8H2,1-6H3;/q;+2. The molecule has 0 aromatic carbocycles. The molecule has 0 bridgehead atoms. The zero-order valence-electron chi connectivity index (χ0n) is 13.3. The van der Waals surface area contributed by atoms with Gasteiger partial charge in [-0.3, -0.25) is 0 Å². The molecule has 2 rings (SSSR count). The molecule has 2 heterocycles. The van der Waals surface area contributed by atoms with Crippen molar-refractivity contribution < 1.29 is 26.0 Å². The number of hydrogen-bond donors (Lipinski definition) is 0. The second-order valence-corrected chi connectivity index (χ2v) is 6.74. The largest absolute Gasteiger partial charge is 2.00 e. The third-order valence-electron chi connectivity index (χ3n) is 3.96. The first-order valence-electron chi connectivity index (χ1n) is 7.24. The minimum absolute atomic E-state index is 0. The molecule has 0 amide bonds. The monoisotopic (exact) mass is 324 g/mol. The molecule has 2 aliphatic rings. The van der Waals surface area contributed by atoms with Crippen molar-refractivity contribution in [3.05, 3.63) is 0 Å². The number of ether oxygens (including phenoxy) is 2. The van der Waals surface area contributed by atoms with E-state index in [2.05, 4.69) is 41.5 Å². The van der Waals surface area contributed by atoms with Crippen molar-refractivity contribution in [2.75, 3.05) is 13.2 Å². The molecule has 0 saturated carbocycles. The van der Waals surface area contributed by atoms with E-state index in [0.717, 1.165) is 11.8 Å². The third kappa shape index (κ3) is 3.36. The van der Waals surface area contributed by atoms with Gasteiger partial charge < -0.3 is 9.47 Å². The molecular formula is C15H26N2NiO2+2. The molecule has 2 unspecified atom stereocenters. The Labute approximate surface area is 132 Å². The molecule has 2 aliphatic heterocycles. The fraction of sp³-hybridized carbons (Fsp3) is 0.867. The Morgan fingerprint density at radius 3 is 1.50 bits per heavy atom. The van der Waals surface area contributed by atoms with Gasteiger partial charge >= 0.3 is 16.5 Å². The zero-order chi connectivity index (χ0) is 14.2. The summed E-state index contributed by atoms with van der Waals surface area (Å²) in [7, 11) is 0. The van der Waals surface area contributed by atoms with Crippen LogP contribution in [-0.2, 0) is 26.0 Å². The summed E-state index contributed by atoms with van der Waals surface area (Å²) < 4.78 is 11.6. The Bertz CT molecular complexity index is 367. The summed E-state index contributed by atoms with van der Waals surface area (Å²) >= 11 is 0. The van der Waals surface area contributed by atoms with Gasteiger partial charge in [0.1, 0.15) is 18.6 Å². The fourth-order valence-corrected chi connectivity index (χ4v) is 2.24. The van der Waals surface area contributed by atoms with Crippen molar-refractivity contribution in [3.8, 4) is 0 Å². The maximum absolute atomic E-state index is 5.79. The van der Waals surface area contributed by atoms with E-state index < -0.39 is 0 Å². The molecule has 2 atom stereocenters. The molecule has 20 heavy (non-hydrogen) atoms. The van der Waals surface area contributed by atoms with E-state index in [1.54, 1.807) is 0 Å². The van der Waals surface area contributed by atoms with Crippen LogP contribution in [0.3, 0.4) is 0 Å². The molecule has 4 nitrogen and oxygen atoms in total. The minimum atomic E-state index is -0.354. The van der Waals surface area contributed by atoms with Gasteiger partial charge in [-0.25, -0.2) is 9.98 Å². The van der Waals surface area contributed by atoms with Gasteiger partial charge in [0.15, 0.2) is 11.8 Å². The van der Waals surface area contributed by atoms with Crippen molar-refractivity contribution in [3.63, 3.8) is 0 Å². The van der Waals surface area contributed by atoms with E-state index >= 15 is 0 Å². The molecule has 5 heteroatoms. The summed E-state index contributed by atoms with van der Waals surface area (Å²) in [6, 6.07) is 0.523. The van der Waals surface area contributed by atoms with Crippen LogP contribution in [0.2, 0.25) is 0 Å². The first-order chi connectivity index (χ1) is 8.82. The Hall–Kier alpha value is -0.566. The quantitative estimate of drug-likeness (QED) is 0.746. The van der Waals surface area contributed by atoms with Crippen LogP contribution in [0.4, 0.5) is 0 Å². The molecule has 116 valence electrons.